The molecule has 2 heteroatoms. The van der Waals surface area contributed by atoms with Gasteiger partial charge in [0.2, 0.25) is 0 Å². The smallest absolute Gasteiger partial charge is 0.118 e. The predicted octanol–water partition coefficient (Wildman–Crippen LogP) is 2.11. The van der Waals surface area contributed by atoms with Crippen LogP contribution >= 0.6 is 0 Å². The summed E-state index contributed by atoms with van der Waals surface area (Å²) >= 11 is 0. The first-order valence-corrected chi connectivity index (χ1v) is 4.06. The summed E-state index contributed by atoms with van der Waals surface area (Å²) in [5, 5.41) is 8.92. The number of para-hydroxylation sites is 1. The zero-order valence-corrected chi connectivity index (χ0v) is 7.45. The fourth-order valence-electron chi connectivity index (χ4n) is 0.660. The monoisotopic (exact) mass is 166 g/mol. The van der Waals surface area contributed by atoms with Gasteiger partial charge in [0.1, 0.15) is 5.75 Å². The standard InChI is InChI=1S/C7H8O.C3H6O/c1-6-4-2-3-5-7(6)8;1-3-2-4-3/h2-5,8H,1H3;3H,2H2,1H3. The van der Waals surface area contributed by atoms with Gasteiger partial charge in [-0.25, -0.2) is 0 Å². The van der Waals surface area contributed by atoms with Gasteiger partial charge in [-0.05, 0) is 25.5 Å². The lowest BCUT2D eigenvalue weighted by Gasteiger charge is -1.92. The van der Waals surface area contributed by atoms with Crippen molar-refractivity contribution in [1.82, 2.24) is 0 Å². The molecule has 1 heterocycles. The van der Waals surface area contributed by atoms with Crippen molar-refractivity contribution in [2.45, 2.75) is 20.0 Å². The second-order valence-corrected chi connectivity index (χ2v) is 2.93. The maximum Gasteiger partial charge on any atom is 0.118 e. The van der Waals surface area contributed by atoms with Gasteiger partial charge in [-0.15, -0.1) is 0 Å². The Hall–Kier alpha value is -1.02. The van der Waals surface area contributed by atoms with Gasteiger partial charge >= 0.3 is 0 Å². The van der Waals surface area contributed by atoms with Crippen LogP contribution in [0.25, 0.3) is 0 Å². The van der Waals surface area contributed by atoms with Crippen molar-refractivity contribution in [2.24, 2.45) is 0 Å². The first-order chi connectivity index (χ1) is 5.70. The number of ether oxygens (including phenoxy) is 1. The molecular weight excluding hydrogens is 152 g/mol. The van der Waals surface area contributed by atoms with Gasteiger partial charge in [-0.3, -0.25) is 0 Å². The second kappa shape index (κ2) is 4.12. The lowest BCUT2D eigenvalue weighted by atomic mass is 10.2. The van der Waals surface area contributed by atoms with Gasteiger partial charge < -0.3 is 9.84 Å². The number of hydrogen-bond acceptors (Lipinski definition) is 2. The summed E-state index contributed by atoms with van der Waals surface area (Å²) in [6.45, 7) is 4.91. The van der Waals surface area contributed by atoms with E-state index in [0.717, 1.165) is 12.2 Å². The molecule has 0 radical (unpaired) electrons. The van der Waals surface area contributed by atoms with Gasteiger partial charge in [0.25, 0.3) is 0 Å². The number of benzene rings is 1. The quantitative estimate of drug-likeness (QED) is 0.599. The maximum atomic E-state index is 8.92. The molecule has 0 spiro atoms. The van der Waals surface area contributed by atoms with E-state index in [1.807, 2.05) is 25.1 Å². The summed E-state index contributed by atoms with van der Waals surface area (Å²) < 4.78 is 4.71. The van der Waals surface area contributed by atoms with E-state index in [1.165, 1.54) is 0 Å². The van der Waals surface area contributed by atoms with Crippen LogP contribution < -0.4 is 0 Å². The minimum Gasteiger partial charge on any atom is -0.508 e. The zero-order valence-electron chi connectivity index (χ0n) is 7.45. The van der Waals surface area contributed by atoms with Crippen molar-refractivity contribution >= 4 is 0 Å². The van der Waals surface area contributed by atoms with Crippen molar-refractivity contribution < 1.29 is 9.84 Å². The molecule has 1 fully saturated rings. The molecule has 1 aliphatic heterocycles. The number of phenols is 1. The number of hydrogen-bond donors (Lipinski definition) is 1. The van der Waals surface area contributed by atoms with Gasteiger partial charge in [0.15, 0.2) is 0 Å². The van der Waals surface area contributed by atoms with Crippen LogP contribution in [0.2, 0.25) is 0 Å². The topological polar surface area (TPSA) is 32.8 Å². The van der Waals surface area contributed by atoms with Crippen molar-refractivity contribution in [1.29, 1.82) is 0 Å². The fourth-order valence-corrected chi connectivity index (χ4v) is 0.660. The fraction of sp³-hybridized carbons (Fsp3) is 0.400. The van der Waals surface area contributed by atoms with Crippen molar-refractivity contribution in [2.75, 3.05) is 6.61 Å². The molecule has 2 nitrogen and oxygen atoms in total. The number of phenolic OH excluding ortho intramolecular Hbond substituents is 1. The summed E-state index contributed by atoms with van der Waals surface area (Å²) in [5.41, 5.74) is 0.924. The van der Waals surface area contributed by atoms with Crippen LogP contribution in [0.4, 0.5) is 0 Å². The summed E-state index contributed by atoms with van der Waals surface area (Å²) in [5.74, 6) is 0.368. The first kappa shape index (κ1) is 9.07. The van der Waals surface area contributed by atoms with E-state index in [9.17, 15) is 0 Å². The Balaban J connectivity index is 0.000000150. The van der Waals surface area contributed by atoms with Crippen molar-refractivity contribution in [3.05, 3.63) is 29.8 Å². The molecule has 0 aliphatic carbocycles. The van der Waals surface area contributed by atoms with Crippen LogP contribution in [0.3, 0.4) is 0 Å². The van der Waals surface area contributed by atoms with Crippen LogP contribution in [0.15, 0.2) is 24.3 Å². The molecule has 1 unspecified atom stereocenters. The number of rotatable bonds is 0. The average molecular weight is 166 g/mol. The molecule has 2 rings (SSSR count). The molecule has 1 atom stereocenters. The van der Waals surface area contributed by atoms with E-state index in [0.29, 0.717) is 11.9 Å². The van der Waals surface area contributed by atoms with E-state index >= 15 is 0 Å². The van der Waals surface area contributed by atoms with Crippen LogP contribution in [0.5, 0.6) is 5.75 Å². The lowest BCUT2D eigenvalue weighted by Crippen LogP contribution is -1.68. The molecule has 1 aliphatic rings. The van der Waals surface area contributed by atoms with Gasteiger partial charge in [0, 0.05) is 0 Å². The third-order valence-corrected chi connectivity index (χ3v) is 1.62. The highest BCUT2D eigenvalue weighted by Crippen LogP contribution is 2.12. The Morgan fingerprint density at radius 3 is 2.17 bits per heavy atom. The Kier molecular flexibility index (Phi) is 3.11. The number of aryl methyl sites for hydroxylation is 1. The normalized spacial score (nSPS) is 19.3. The lowest BCUT2D eigenvalue weighted by molar-refractivity contribution is 0.423. The van der Waals surface area contributed by atoms with Crippen LogP contribution in [0, 0.1) is 6.92 Å². The number of epoxide rings is 1. The Bertz CT molecular complexity index is 220. The molecule has 1 N–H and O–H groups in total. The van der Waals surface area contributed by atoms with Crippen LogP contribution in [0.1, 0.15) is 12.5 Å². The summed E-state index contributed by atoms with van der Waals surface area (Å²) in [7, 11) is 0. The Morgan fingerprint density at radius 1 is 1.42 bits per heavy atom. The van der Waals surface area contributed by atoms with E-state index < -0.39 is 0 Å². The highest BCUT2D eigenvalue weighted by Gasteiger charge is 2.13. The SMILES string of the molecule is CC1CO1.Cc1ccccc1O. The van der Waals surface area contributed by atoms with E-state index in [1.54, 1.807) is 6.07 Å². The Morgan fingerprint density at radius 2 is 1.92 bits per heavy atom. The Labute approximate surface area is 72.8 Å². The second-order valence-electron chi connectivity index (χ2n) is 2.93. The predicted molar refractivity (Wildman–Crippen MR) is 48.3 cm³/mol. The average Bonchev–Trinajstić information content (AvgIpc) is 2.80. The highest BCUT2D eigenvalue weighted by atomic mass is 16.6. The summed E-state index contributed by atoms with van der Waals surface area (Å²) in [6.07, 6.45) is 0.583. The number of aromatic hydroxyl groups is 1. The highest BCUT2D eigenvalue weighted by molar-refractivity contribution is 5.29. The van der Waals surface area contributed by atoms with E-state index in [-0.39, 0.29) is 0 Å². The molecule has 12 heavy (non-hydrogen) atoms. The van der Waals surface area contributed by atoms with Crippen LogP contribution in [-0.2, 0) is 4.74 Å². The molecule has 0 amide bonds. The third-order valence-electron chi connectivity index (χ3n) is 1.62. The minimum atomic E-state index is 0.368. The first-order valence-electron chi connectivity index (χ1n) is 4.06. The molecule has 1 aromatic rings. The van der Waals surface area contributed by atoms with Crippen molar-refractivity contribution in [3.8, 4) is 5.75 Å². The zero-order chi connectivity index (χ0) is 8.97. The van der Waals surface area contributed by atoms with Crippen molar-refractivity contribution in [3.63, 3.8) is 0 Å². The summed E-state index contributed by atoms with van der Waals surface area (Å²) in [6, 6.07) is 7.25. The molecule has 0 aromatic heterocycles. The third kappa shape index (κ3) is 3.39. The summed E-state index contributed by atoms with van der Waals surface area (Å²) in [4.78, 5) is 0. The molecule has 66 valence electrons. The largest absolute Gasteiger partial charge is 0.508 e. The van der Waals surface area contributed by atoms with Gasteiger partial charge in [0.05, 0.1) is 12.7 Å². The van der Waals surface area contributed by atoms with E-state index in [2.05, 4.69) is 6.92 Å². The molecule has 0 saturated carbocycles. The van der Waals surface area contributed by atoms with E-state index in [4.69, 9.17) is 9.84 Å². The molecular formula is C10H14O2. The van der Waals surface area contributed by atoms with Gasteiger partial charge in [-0.1, -0.05) is 18.2 Å². The minimum absolute atomic E-state index is 0.368. The van der Waals surface area contributed by atoms with Crippen LogP contribution in [-0.4, -0.2) is 17.8 Å². The molecule has 1 saturated heterocycles. The maximum absolute atomic E-state index is 8.92. The molecule has 0 bridgehead atoms. The van der Waals surface area contributed by atoms with Gasteiger partial charge in [-0.2, -0.15) is 0 Å². The molecule has 1 aromatic carbocycles.